The predicted molar refractivity (Wildman–Crippen MR) is 136 cm³/mol. The van der Waals surface area contributed by atoms with Crippen LogP contribution >= 0.6 is 0 Å². The van der Waals surface area contributed by atoms with Crippen LogP contribution in [0.2, 0.25) is 0 Å². The van der Waals surface area contributed by atoms with E-state index < -0.39 is 18.4 Å². The summed E-state index contributed by atoms with van der Waals surface area (Å²) in [5, 5.41) is 8.89. The highest BCUT2D eigenvalue weighted by atomic mass is 16.5. The molecule has 0 spiro atoms. The van der Waals surface area contributed by atoms with Crippen LogP contribution in [0.1, 0.15) is 72.6 Å². The highest BCUT2D eigenvalue weighted by Crippen LogP contribution is 2.29. The second kappa shape index (κ2) is 17.7. The Balaban J connectivity index is 0.00000101. The molecular formula is C26H43N3O5. The number of aliphatic carboxylic acids is 1. The lowest BCUT2D eigenvalue weighted by molar-refractivity contribution is -0.139. The van der Waals surface area contributed by atoms with Crippen LogP contribution in [0.15, 0.2) is 40.8 Å². The van der Waals surface area contributed by atoms with E-state index in [2.05, 4.69) is 24.2 Å². The minimum absolute atomic E-state index is 0.0254. The predicted octanol–water partition coefficient (Wildman–Crippen LogP) is 4.47. The van der Waals surface area contributed by atoms with Gasteiger partial charge in [0.25, 0.3) is 0 Å². The zero-order valence-corrected chi connectivity index (χ0v) is 21.5. The lowest BCUT2D eigenvalue weighted by Crippen LogP contribution is -2.33. The van der Waals surface area contributed by atoms with E-state index in [0.29, 0.717) is 24.4 Å². The van der Waals surface area contributed by atoms with Gasteiger partial charge in [-0.05, 0) is 33.2 Å². The normalized spacial score (nSPS) is 18.0. The van der Waals surface area contributed by atoms with Gasteiger partial charge >= 0.3 is 5.97 Å². The van der Waals surface area contributed by atoms with Crippen molar-refractivity contribution in [2.45, 2.75) is 72.6 Å². The van der Waals surface area contributed by atoms with Crippen LogP contribution in [0.5, 0.6) is 0 Å². The second-order valence-electron chi connectivity index (χ2n) is 8.27. The van der Waals surface area contributed by atoms with Crippen LogP contribution in [0, 0.1) is 11.8 Å². The van der Waals surface area contributed by atoms with Crippen molar-refractivity contribution in [3.05, 3.63) is 35.8 Å². The molecule has 0 aromatic carbocycles. The maximum Gasteiger partial charge on any atom is 0.341 e. The average molecular weight is 478 g/mol. The third kappa shape index (κ3) is 10.5. The largest absolute Gasteiger partial charge is 0.479 e. The van der Waals surface area contributed by atoms with Crippen molar-refractivity contribution in [1.29, 1.82) is 0 Å². The summed E-state index contributed by atoms with van der Waals surface area (Å²) in [5.41, 5.74) is 5.65. The average Bonchev–Trinajstić information content (AvgIpc) is 2.84. The first kappa shape index (κ1) is 31.3. The topological polar surface area (TPSA) is 122 Å². The van der Waals surface area contributed by atoms with Crippen molar-refractivity contribution >= 4 is 23.9 Å². The molecule has 2 rings (SSSR count). The summed E-state index contributed by atoms with van der Waals surface area (Å²) in [7, 11) is 1.50. The molecule has 0 bridgehead atoms. The third-order valence-electron chi connectivity index (χ3n) is 5.56. The van der Waals surface area contributed by atoms with E-state index in [-0.39, 0.29) is 23.7 Å². The minimum atomic E-state index is -1.16. The monoisotopic (exact) mass is 477 g/mol. The Morgan fingerprint density at radius 3 is 2.32 bits per heavy atom. The first-order chi connectivity index (χ1) is 16.3. The van der Waals surface area contributed by atoms with Crippen LogP contribution in [-0.2, 0) is 19.1 Å². The number of aldehydes is 1. The number of carboxylic acid groups (broad SMARTS) is 1. The molecule has 0 aromatic rings. The van der Waals surface area contributed by atoms with Gasteiger partial charge in [0.1, 0.15) is 5.70 Å². The molecule has 8 heteroatoms. The van der Waals surface area contributed by atoms with Crippen LogP contribution in [-0.4, -0.2) is 54.1 Å². The molecule has 2 aliphatic rings. The van der Waals surface area contributed by atoms with E-state index in [9.17, 15) is 14.4 Å². The number of nitrogens with two attached hydrogens (primary N) is 1. The van der Waals surface area contributed by atoms with Gasteiger partial charge in [-0.2, -0.15) is 0 Å². The highest BCUT2D eigenvalue weighted by Gasteiger charge is 2.30. The number of likely N-dealkylation sites (N-methyl/N-ethyl adjacent to an activating group) is 1. The highest BCUT2D eigenvalue weighted by molar-refractivity contribution is 6.34. The van der Waals surface area contributed by atoms with Crippen LogP contribution in [0.25, 0.3) is 0 Å². The number of aliphatic imine (C=N–C) groups is 1. The second-order valence-corrected chi connectivity index (χ2v) is 8.27. The van der Waals surface area contributed by atoms with Gasteiger partial charge in [-0.3, -0.25) is 9.59 Å². The zero-order valence-electron chi connectivity index (χ0n) is 21.5. The summed E-state index contributed by atoms with van der Waals surface area (Å²) >= 11 is 0. The van der Waals surface area contributed by atoms with Crippen molar-refractivity contribution in [2.75, 3.05) is 20.2 Å². The maximum atomic E-state index is 12.4. The van der Waals surface area contributed by atoms with Crippen molar-refractivity contribution in [3.63, 3.8) is 0 Å². The Bertz CT molecular complexity index is 764. The van der Waals surface area contributed by atoms with Crippen molar-refractivity contribution < 1.29 is 24.2 Å². The van der Waals surface area contributed by atoms with Crippen LogP contribution < -0.4 is 5.73 Å². The molecule has 1 atom stereocenters. The summed E-state index contributed by atoms with van der Waals surface area (Å²) in [6, 6.07) is 0. The number of ketones is 1. The first-order valence-corrected chi connectivity index (χ1v) is 12.1. The quantitative estimate of drug-likeness (QED) is 0.217. The minimum Gasteiger partial charge on any atom is -0.479 e. The van der Waals surface area contributed by atoms with E-state index in [1.165, 1.54) is 39.2 Å². The number of allylic oxidation sites excluding steroid dienone is 3. The number of ether oxygens (including phenoxy) is 1. The van der Waals surface area contributed by atoms with Gasteiger partial charge in [0.15, 0.2) is 12.9 Å². The van der Waals surface area contributed by atoms with E-state index >= 15 is 0 Å². The lowest BCUT2D eigenvalue weighted by atomic mass is 9.89. The molecular weight excluding hydrogens is 434 g/mol. The van der Waals surface area contributed by atoms with Crippen molar-refractivity contribution in [3.8, 4) is 0 Å². The molecule has 192 valence electrons. The first-order valence-electron chi connectivity index (χ1n) is 12.1. The van der Waals surface area contributed by atoms with Gasteiger partial charge < -0.3 is 20.5 Å². The summed E-state index contributed by atoms with van der Waals surface area (Å²) in [6.07, 6.45) is 12.4. The van der Waals surface area contributed by atoms with Crippen LogP contribution in [0.4, 0.5) is 0 Å². The number of nitrogens with zero attached hydrogens (tertiary/aromatic N) is 2. The Kier molecular flexibility index (Phi) is 16.3. The van der Waals surface area contributed by atoms with E-state index in [1.54, 1.807) is 24.1 Å². The number of hydrogen-bond acceptors (Lipinski definition) is 7. The van der Waals surface area contributed by atoms with E-state index in [0.717, 1.165) is 12.3 Å². The summed E-state index contributed by atoms with van der Waals surface area (Å²) in [6.45, 7) is 11.6. The van der Waals surface area contributed by atoms with Crippen molar-refractivity contribution in [1.82, 2.24) is 4.90 Å². The summed E-state index contributed by atoms with van der Waals surface area (Å²) < 4.78 is 5.32. The number of Topliss-reactive ketones (excluding diaryl/α,β-unsaturated/α-hetero) is 1. The molecule has 0 radical (unpaired) electrons. The van der Waals surface area contributed by atoms with Gasteiger partial charge in [0, 0.05) is 24.2 Å². The van der Waals surface area contributed by atoms with Crippen LogP contribution in [0.3, 0.4) is 0 Å². The number of carbonyl (C=O) groups excluding carboxylic acids is 2. The number of hydrogen-bond donors (Lipinski definition) is 2. The Labute approximate surface area is 204 Å². The number of rotatable bonds is 9. The van der Waals surface area contributed by atoms with Gasteiger partial charge in [-0.15, -0.1) is 6.58 Å². The molecule has 8 nitrogen and oxygen atoms in total. The van der Waals surface area contributed by atoms with Gasteiger partial charge in [0.2, 0.25) is 11.7 Å². The summed E-state index contributed by atoms with van der Waals surface area (Å²) in [4.78, 5) is 40.4. The fourth-order valence-electron chi connectivity index (χ4n) is 3.94. The Morgan fingerprint density at radius 1 is 1.29 bits per heavy atom. The lowest BCUT2D eigenvalue weighted by Gasteiger charge is -2.30. The molecule has 1 unspecified atom stereocenters. The molecule has 1 aliphatic heterocycles. The third-order valence-corrected chi connectivity index (χ3v) is 5.56. The van der Waals surface area contributed by atoms with E-state index in [1.807, 2.05) is 13.8 Å². The Morgan fingerprint density at radius 2 is 1.91 bits per heavy atom. The molecule has 1 aliphatic carbocycles. The van der Waals surface area contributed by atoms with Gasteiger partial charge in [-0.25, -0.2) is 9.79 Å². The van der Waals surface area contributed by atoms with Gasteiger partial charge in [0.05, 0.1) is 5.70 Å². The molecule has 1 saturated carbocycles. The molecule has 3 N–H and O–H groups in total. The fourth-order valence-corrected chi connectivity index (χ4v) is 3.94. The fraction of sp³-hybridized carbons (Fsp3) is 0.615. The summed E-state index contributed by atoms with van der Waals surface area (Å²) in [5.74, 6) is -1.15. The van der Waals surface area contributed by atoms with Gasteiger partial charge in [-0.1, -0.05) is 58.4 Å². The van der Waals surface area contributed by atoms with E-state index in [4.69, 9.17) is 9.84 Å². The molecule has 1 fully saturated rings. The van der Waals surface area contributed by atoms with Crippen molar-refractivity contribution in [2.24, 2.45) is 22.6 Å². The molecule has 34 heavy (non-hydrogen) atoms. The standard InChI is InChI=1S/C18H24N2O5.C7H14.CH5N/c1-5-8-13(6-2)16(14(22)10-21)17-18(25-11-15(23)24)19-12(4)9-20(17)7-3;1-7-5-3-2-4-6-7;1-2/h6,9-10,13H,2,5,7-8,11H2,1,3-4H3,(H,23,24);7H,2-6H2,1H3;2H2,1H3/b17-16+;;. The number of carboxylic acids is 1. The molecule has 0 amide bonds. The molecule has 0 saturated heterocycles. The zero-order chi connectivity index (χ0) is 26.1. The maximum absolute atomic E-state index is 12.4. The molecule has 0 aromatic heterocycles. The Hall–Kier alpha value is -2.74. The smallest absolute Gasteiger partial charge is 0.341 e. The number of carbonyl (C=O) groups is 3. The SMILES string of the molecule is C=CC(CCC)/C(C(=O)C=O)=C1/C(OCC(=O)O)=NC(C)=CN1CC.CC1CCCCC1.CN. The molecule has 1 heterocycles.